The van der Waals surface area contributed by atoms with E-state index in [0.29, 0.717) is 5.56 Å². The van der Waals surface area contributed by atoms with E-state index in [-0.39, 0.29) is 11.3 Å². The second kappa shape index (κ2) is 11.0. The summed E-state index contributed by atoms with van der Waals surface area (Å²) in [5.74, 6) is -1.30. The number of unbranched alkanes of at least 4 members (excludes halogenated alkanes) is 4. The lowest BCUT2D eigenvalue weighted by atomic mass is 10.1. The molecule has 0 aliphatic rings. The highest BCUT2D eigenvalue weighted by Gasteiger charge is 2.11. The average Bonchev–Trinajstić information content (AvgIpc) is 2.79. The maximum atomic E-state index is 13.7. The van der Waals surface area contributed by atoms with Crippen LogP contribution in [0.4, 0.5) is 4.39 Å². The van der Waals surface area contributed by atoms with Crippen molar-refractivity contribution in [1.29, 1.82) is 5.26 Å². The molecule has 0 N–H and O–H groups in total. The molecular weight excluding hydrogens is 393 g/mol. The minimum Gasteiger partial charge on any atom is -0.423 e. The molecule has 0 saturated carbocycles. The van der Waals surface area contributed by atoms with Gasteiger partial charge in [-0.25, -0.2) is 9.18 Å². The first-order valence-electron chi connectivity index (χ1n) is 10.5. The Labute approximate surface area is 181 Å². The number of nitrogens with zero attached hydrogens (tertiary/aromatic N) is 3. The highest BCUT2D eigenvalue weighted by atomic mass is 19.1. The Hall–Kier alpha value is -3.59. The van der Waals surface area contributed by atoms with Crippen molar-refractivity contribution in [3.05, 3.63) is 77.2 Å². The van der Waals surface area contributed by atoms with Crippen molar-refractivity contribution in [2.24, 2.45) is 0 Å². The number of hydrogen-bond donors (Lipinski definition) is 0. The third kappa shape index (κ3) is 6.19. The Balaban J connectivity index is 1.58. The molecule has 0 aliphatic heterocycles. The number of aryl methyl sites for hydroxylation is 1. The van der Waals surface area contributed by atoms with Crippen molar-refractivity contribution < 1.29 is 13.9 Å². The van der Waals surface area contributed by atoms with E-state index in [9.17, 15) is 9.18 Å². The summed E-state index contributed by atoms with van der Waals surface area (Å²) in [6.07, 6.45) is 7.03. The first-order chi connectivity index (χ1) is 15.1. The van der Waals surface area contributed by atoms with Gasteiger partial charge in [0, 0.05) is 11.6 Å². The van der Waals surface area contributed by atoms with E-state index in [2.05, 4.69) is 17.1 Å². The summed E-state index contributed by atoms with van der Waals surface area (Å²) in [5.41, 5.74) is 2.76. The molecule has 0 atom stereocenters. The number of carbonyl (C=O) groups excluding carboxylic acids is 1. The summed E-state index contributed by atoms with van der Waals surface area (Å²) < 4.78 is 18.9. The monoisotopic (exact) mass is 417 g/mol. The van der Waals surface area contributed by atoms with Gasteiger partial charge in [0.1, 0.15) is 17.6 Å². The molecule has 5 nitrogen and oxygen atoms in total. The molecule has 0 bridgehead atoms. The number of esters is 1. The molecule has 0 fully saturated rings. The third-order valence-corrected chi connectivity index (χ3v) is 4.94. The van der Waals surface area contributed by atoms with Gasteiger partial charge in [0.2, 0.25) is 0 Å². The molecule has 158 valence electrons. The first kappa shape index (κ1) is 22.1. The normalized spacial score (nSPS) is 10.5. The van der Waals surface area contributed by atoms with Gasteiger partial charge in [0.25, 0.3) is 0 Å². The number of nitriles is 1. The summed E-state index contributed by atoms with van der Waals surface area (Å²) in [7, 11) is 0. The summed E-state index contributed by atoms with van der Waals surface area (Å²) in [6.45, 7) is 2.20. The van der Waals surface area contributed by atoms with Crippen molar-refractivity contribution in [3.8, 4) is 23.1 Å². The van der Waals surface area contributed by atoms with Gasteiger partial charge in [0.15, 0.2) is 0 Å². The fraction of sp³-hybridized carbons (Fsp3) is 0.280. The van der Waals surface area contributed by atoms with Crippen molar-refractivity contribution in [2.45, 2.75) is 45.4 Å². The molecule has 2 aromatic carbocycles. The van der Waals surface area contributed by atoms with Gasteiger partial charge >= 0.3 is 5.97 Å². The minimum absolute atomic E-state index is 0.0433. The van der Waals surface area contributed by atoms with Crippen LogP contribution < -0.4 is 4.74 Å². The number of rotatable bonds is 9. The van der Waals surface area contributed by atoms with Crippen molar-refractivity contribution in [2.75, 3.05) is 0 Å². The predicted molar refractivity (Wildman–Crippen MR) is 116 cm³/mol. The Morgan fingerprint density at radius 1 is 1.00 bits per heavy atom. The lowest BCUT2D eigenvalue weighted by Crippen LogP contribution is -2.08. The Kier molecular flexibility index (Phi) is 7.83. The van der Waals surface area contributed by atoms with Crippen LogP contribution >= 0.6 is 0 Å². The molecule has 0 unspecified atom stereocenters. The minimum atomic E-state index is -0.730. The lowest BCUT2D eigenvalue weighted by molar-refractivity contribution is 0.0734. The molecule has 1 aromatic heterocycles. The zero-order chi connectivity index (χ0) is 22.1. The van der Waals surface area contributed by atoms with Gasteiger partial charge in [-0.15, -0.1) is 0 Å². The van der Waals surface area contributed by atoms with Crippen LogP contribution in [0.3, 0.4) is 0 Å². The molecule has 0 radical (unpaired) electrons. The number of aromatic nitrogens is 2. The van der Waals surface area contributed by atoms with Gasteiger partial charge in [-0.05, 0) is 49.2 Å². The smallest absolute Gasteiger partial charge is 0.343 e. The lowest BCUT2D eigenvalue weighted by Gasteiger charge is -2.06. The maximum Gasteiger partial charge on any atom is 0.343 e. The van der Waals surface area contributed by atoms with E-state index >= 15 is 0 Å². The number of hydrogen-bond acceptors (Lipinski definition) is 5. The van der Waals surface area contributed by atoms with E-state index in [1.165, 1.54) is 37.8 Å². The molecule has 31 heavy (non-hydrogen) atoms. The predicted octanol–water partition coefficient (Wildman–Crippen LogP) is 5.89. The molecule has 0 spiro atoms. The Bertz CT molecular complexity index is 1060. The molecule has 0 aliphatic carbocycles. The Morgan fingerprint density at radius 3 is 2.42 bits per heavy atom. The first-order valence-corrected chi connectivity index (χ1v) is 10.5. The van der Waals surface area contributed by atoms with Crippen LogP contribution in [-0.2, 0) is 6.42 Å². The number of halogens is 1. The largest absolute Gasteiger partial charge is 0.423 e. The van der Waals surface area contributed by atoms with Crippen molar-refractivity contribution >= 4 is 5.97 Å². The van der Waals surface area contributed by atoms with E-state index < -0.39 is 11.8 Å². The van der Waals surface area contributed by atoms with Gasteiger partial charge in [-0.3, -0.25) is 0 Å². The molecule has 0 amide bonds. The topological polar surface area (TPSA) is 75.9 Å². The standard InChI is InChI=1S/C25H24FN3O2/c1-2-3-4-5-6-7-21-13-15-24(29-28-21)18-8-10-19(11-9-18)25(30)31-22-14-12-20(17-27)23(26)16-22/h8-16H,2-7H2,1H3. The second-order valence-electron chi connectivity index (χ2n) is 7.29. The van der Waals surface area contributed by atoms with E-state index in [4.69, 9.17) is 10.00 Å². The van der Waals surface area contributed by atoms with Crippen LogP contribution in [-0.4, -0.2) is 16.2 Å². The van der Waals surface area contributed by atoms with Crippen LogP contribution in [0.5, 0.6) is 5.75 Å². The maximum absolute atomic E-state index is 13.7. The summed E-state index contributed by atoms with van der Waals surface area (Å²) in [4.78, 5) is 12.3. The number of carbonyl (C=O) groups is 1. The van der Waals surface area contributed by atoms with E-state index in [1.807, 2.05) is 12.1 Å². The molecule has 3 rings (SSSR count). The highest BCUT2D eigenvalue weighted by molar-refractivity contribution is 5.91. The molecule has 3 aromatic rings. The Morgan fingerprint density at radius 2 is 1.77 bits per heavy atom. The average molecular weight is 417 g/mol. The SMILES string of the molecule is CCCCCCCc1ccc(-c2ccc(C(=O)Oc3ccc(C#N)c(F)c3)cc2)nn1. The van der Waals surface area contributed by atoms with Crippen LogP contribution in [0.1, 0.15) is 60.6 Å². The summed E-state index contributed by atoms with van der Waals surface area (Å²) in [6, 6.07) is 16.1. The van der Waals surface area contributed by atoms with Crippen molar-refractivity contribution in [1.82, 2.24) is 10.2 Å². The number of ether oxygens (including phenoxy) is 1. The molecule has 0 saturated heterocycles. The quantitative estimate of drug-likeness (QED) is 0.247. The van der Waals surface area contributed by atoms with Crippen LogP contribution in [0, 0.1) is 17.1 Å². The third-order valence-electron chi connectivity index (χ3n) is 4.94. The van der Waals surface area contributed by atoms with Gasteiger partial charge < -0.3 is 4.74 Å². The fourth-order valence-corrected chi connectivity index (χ4v) is 3.15. The van der Waals surface area contributed by atoms with Crippen LogP contribution in [0.2, 0.25) is 0 Å². The van der Waals surface area contributed by atoms with Gasteiger partial charge in [-0.2, -0.15) is 15.5 Å². The number of benzene rings is 2. The molecular formula is C25H24FN3O2. The highest BCUT2D eigenvalue weighted by Crippen LogP contribution is 2.20. The molecule has 1 heterocycles. The zero-order valence-corrected chi connectivity index (χ0v) is 17.5. The van der Waals surface area contributed by atoms with E-state index in [0.717, 1.165) is 35.9 Å². The fourth-order valence-electron chi connectivity index (χ4n) is 3.15. The van der Waals surface area contributed by atoms with Gasteiger partial charge in [0.05, 0.1) is 22.5 Å². The second-order valence-corrected chi connectivity index (χ2v) is 7.29. The van der Waals surface area contributed by atoms with Crippen LogP contribution in [0.15, 0.2) is 54.6 Å². The van der Waals surface area contributed by atoms with Gasteiger partial charge in [-0.1, -0.05) is 44.7 Å². The summed E-state index contributed by atoms with van der Waals surface area (Å²) in [5, 5.41) is 17.4. The van der Waals surface area contributed by atoms with Crippen LogP contribution in [0.25, 0.3) is 11.3 Å². The molecule has 6 heteroatoms. The zero-order valence-electron chi connectivity index (χ0n) is 17.5. The van der Waals surface area contributed by atoms with E-state index in [1.54, 1.807) is 30.3 Å². The van der Waals surface area contributed by atoms with Crippen molar-refractivity contribution in [3.63, 3.8) is 0 Å². The summed E-state index contributed by atoms with van der Waals surface area (Å²) >= 11 is 0.